The monoisotopic (exact) mass is 382 g/mol. The first kappa shape index (κ1) is 18.4. The van der Waals surface area contributed by atoms with Gasteiger partial charge in [-0.3, -0.25) is 0 Å². The van der Waals surface area contributed by atoms with Crippen LogP contribution in [0.25, 0.3) is 11.0 Å². The Morgan fingerprint density at radius 1 is 1.04 bits per heavy atom. The zero-order valence-electron chi connectivity index (χ0n) is 14.0. The Balaban J connectivity index is 2.06. The van der Waals surface area contributed by atoms with Crippen molar-refractivity contribution in [1.29, 1.82) is 0 Å². The summed E-state index contributed by atoms with van der Waals surface area (Å²) in [5, 5.41) is -0.0551. The van der Waals surface area contributed by atoms with E-state index in [1.54, 1.807) is 35.8 Å². The summed E-state index contributed by atoms with van der Waals surface area (Å²) in [7, 11) is -3.58. The number of rotatable bonds is 5. The fourth-order valence-corrected chi connectivity index (χ4v) is 4.24. The molecule has 0 spiro atoms. The van der Waals surface area contributed by atoms with Crippen molar-refractivity contribution in [3.8, 4) is 0 Å². The number of hydrogen-bond acceptors (Lipinski definition) is 3. The first-order valence-corrected chi connectivity index (χ1v) is 9.72. The highest BCUT2D eigenvalue weighted by Gasteiger charge is 2.30. The predicted molar refractivity (Wildman–Crippen MR) is 92.6 cm³/mol. The maximum atomic E-state index is 12.7. The molecule has 3 rings (SSSR count). The number of sulfone groups is 1. The van der Waals surface area contributed by atoms with Crippen molar-refractivity contribution in [2.75, 3.05) is 5.75 Å². The van der Waals surface area contributed by atoms with Gasteiger partial charge in [-0.15, -0.1) is 0 Å². The van der Waals surface area contributed by atoms with Crippen LogP contribution in [0.3, 0.4) is 0 Å². The highest BCUT2D eigenvalue weighted by Crippen LogP contribution is 2.29. The van der Waals surface area contributed by atoms with E-state index < -0.39 is 21.6 Å². The van der Waals surface area contributed by atoms with Gasteiger partial charge in [0.15, 0.2) is 0 Å². The van der Waals surface area contributed by atoms with E-state index in [9.17, 15) is 21.6 Å². The van der Waals surface area contributed by atoms with Crippen LogP contribution < -0.4 is 0 Å². The van der Waals surface area contributed by atoms with Crippen molar-refractivity contribution in [3.05, 3.63) is 59.7 Å². The smallest absolute Gasteiger partial charge is 0.310 e. The molecule has 0 aliphatic heterocycles. The maximum Gasteiger partial charge on any atom is 0.416 e. The van der Waals surface area contributed by atoms with Crippen molar-refractivity contribution in [2.24, 2.45) is 0 Å². The van der Waals surface area contributed by atoms with Crippen LogP contribution in [-0.4, -0.2) is 23.7 Å². The van der Waals surface area contributed by atoms with E-state index in [1.165, 1.54) is 12.1 Å². The third-order valence-electron chi connectivity index (χ3n) is 3.99. The van der Waals surface area contributed by atoms with E-state index in [-0.39, 0.29) is 17.5 Å². The number of hydrogen-bond donors (Lipinski definition) is 0. The first-order valence-electron chi connectivity index (χ1n) is 8.06. The van der Waals surface area contributed by atoms with Gasteiger partial charge in [-0.25, -0.2) is 13.4 Å². The number of nitrogens with zero attached hydrogens (tertiary/aromatic N) is 2. The number of fused-ring (bicyclic) bond motifs is 1. The van der Waals surface area contributed by atoms with Gasteiger partial charge in [0.1, 0.15) is 0 Å². The van der Waals surface area contributed by atoms with Crippen molar-refractivity contribution in [1.82, 2.24) is 9.55 Å². The quantitative estimate of drug-likeness (QED) is 0.662. The van der Waals surface area contributed by atoms with Crippen molar-refractivity contribution < 1.29 is 21.6 Å². The summed E-state index contributed by atoms with van der Waals surface area (Å²) in [5.41, 5.74) is 0.987. The normalized spacial score (nSPS) is 12.6. The molecule has 0 aliphatic rings. The predicted octanol–water partition coefficient (Wildman–Crippen LogP) is 4.29. The largest absolute Gasteiger partial charge is 0.416 e. The standard InChI is InChI=1S/C18H17F3N2O2S/c1-2-11-26(24,25)17-22-15-5-3-4-6-16(15)23(17)12-13-7-9-14(10-8-13)18(19,20)21/h3-10H,2,11-12H2,1H3. The fraction of sp³-hybridized carbons (Fsp3) is 0.278. The minimum absolute atomic E-state index is 0.0384. The summed E-state index contributed by atoms with van der Waals surface area (Å²) in [4.78, 5) is 4.25. The third kappa shape index (κ3) is 3.60. The van der Waals surface area contributed by atoms with Gasteiger partial charge >= 0.3 is 6.18 Å². The van der Waals surface area contributed by atoms with Crippen molar-refractivity contribution in [3.63, 3.8) is 0 Å². The molecule has 138 valence electrons. The summed E-state index contributed by atoms with van der Waals surface area (Å²) in [5.74, 6) is -0.0384. The van der Waals surface area contributed by atoms with E-state index >= 15 is 0 Å². The zero-order chi connectivity index (χ0) is 18.9. The number of benzene rings is 2. The molecule has 0 saturated heterocycles. The van der Waals surface area contributed by atoms with Gasteiger partial charge in [-0.1, -0.05) is 31.2 Å². The van der Waals surface area contributed by atoms with E-state index in [1.807, 2.05) is 0 Å². The average molecular weight is 382 g/mol. The van der Waals surface area contributed by atoms with Crippen LogP contribution in [0.5, 0.6) is 0 Å². The summed E-state index contributed by atoms with van der Waals surface area (Å²) in [6.45, 7) is 1.89. The lowest BCUT2D eigenvalue weighted by molar-refractivity contribution is -0.137. The molecule has 0 N–H and O–H groups in total. The molecule has 0 saturated carbocycles. The van der Waals surface area contributed by atoms with Gasteiger partial charge in [0.25, 0.3) is 0 Å². The molecule has 1 heterocycles. The van der Waals surface area contributed by atoms with Crippen LogP contribution in [0.4, 0.5) is 13.2 Å². The molecule has 8 heteroatoms. The van der Waals surface area contributed by atoms with E-state index in [0.29, 0.717) is 23.0 Å². The molecular weight excluding hydrogens is 365 g/mol. The van der Waals surface area contributed by atoms with Crippen LogP contribution in [-0.2, 0) is 22.6 Å². The Bertz CT molecular complexity index is 1020. The Morgan fingerprint density at radius 3 is 2.31 bits per heavy atom. The highest BCUT2D eigenvalue weighted by molar-refractivity contribution is 7.91. The molecular formula is C18H17F3N2O2S. The minimum Gasteiger partial charge on any atom is -0.310 e. The average Bonchev–Trinajstić information content (AvgIpc) is 2.94. The van der Waals surface area contributed by atoms with Crippen LogP contribution in [0.2, 0.25) is 0 Å². The molecule has 3 aromatic rings. The van der Waals surface area contributed by atoms with Crippen molar-refractivity contribution >= 4 is 20.9 Å². The second-order valence-electron chi connectivity index (χ2n) is 5.98. The van der Waals surface area contributed by atoms with E-state index in [0.717, 1.165) is 12.1 Å². The van der Waals surface area contributed by atoms with Gasteiger partial charge < -0.3 is 4.57 Å². The Morgan fingerprint density at radius 2 is 1.69 bits per heavy atom. The second-order valence-corrected chi connectivity index (χ2v) is 7.99. The van der Waals surface area contributed by atoms with Crippen LogP contribution in [0, 0.1) is 0 Å². The number of alkyl halides is 3. The molecule has 0 atom stereocenters. The number of halogens is 3. The summed E-state index contributed by atoms with van der Waals surface area (Å²) in [6, 6.07) is 11.7. The van der Waals surface area contributed by atoms with E-state index in [2.05, 4.69) is 4.98 Å². The second kappa shape index (κ2) is 6.75. The highest BCUT2D eigenvalue weighted by atomic mass is 32.2. The third-order valence-corrected chi connectivity index (χ3v) is 5.81. The molecule has 0 aliphatic carbocycles. The van der Waals surface area contributed by atoms with Gasteiger partial charge in [-0.05, 0) is 36.2 Å². The molecule has 4 nitrogen and oxygen atoms in total. The topological polar surface area (TPSA) is 52.0 Å². The van der Waals surface area contributed by atoms with Crippen LogP contribution >= 0.6 is 0 Å². The molecule has 26 heavy (non-hydrogen) atoms. The van der Waals surface area contributed by atoms with Gasteiger partial charge in [-0.2, -0.15) is 13.2 Å². The van der Waals surface area contributed by atoms with Gasteiger partial charge in [0.2, 0.25) is 15.0 Å². The van der Waals surface area contributed by atoms with Gasteiger partial charge in [0.05, 0.1) is 28.9 Å². The SMILES string of the molecule is CCCS(=O)(=O)c1nc2ccccc2n1Cc1ccc(C(F)(F)F)cc1. The zero-order valence-corrected chi connectivity index (χ0v) is 14.8. The Kier molecular flexibility index (Phi) is 4.79. The lowest BCUT2D eigenvalue weighted by Crippen LogP contribution is -2.14. The number of imidazole rings is 1. The minimum atomic E-state index is -4.41. The summed E-state index contributed by atoms with van der Waals surface area (Å²) in [6.07, 6.45) is -3.96. The summed E-state index contributed by atoms with van der Waals surface area (Å²) < 4.78 is 64.8. The Labute approximate surface area is 149 Å². The summed E-state index contributed by atoms with van der Waals surface area (Å²) >= 11 is 0. The molecule has 0 unspecified atom stereocenters. The first-order chi connectivity index (χ1) is 12.2. The Hall–Kier alpha value is -2.35. The molecule has 2 aromatic carbocycles. The maximum absolute atomic E-state index is 12.7. The fourth-order valence-electron chi connectivity index (χ4n) is 2.79. The molecule has 0 radical (unpaired) electrons. The van der Waals surface area contributed by atoms with E-state index in [4.69, 9.17) is 0 Å². The lowest BCUT2D eigenvalue weighted by Gasteiger charge is -2.11. The van der Waals surface area contributed by atoms with Crippen molar-refractivity contribution in [2.45, 2.75) is 31.2 Å². The molecule has 0 fully saturated rings. The lowest BCUT2D eigenvalue weighted by atomic mass is 10.1. The van der Waals surface area contributed by atoms with Gasteiger partial charge in [0, 0.05) is 0 Å². The van der Waals surface area contributed by atoms with Crippen LogP contribution in [0.1, 0.15) is 24.5 Å². The molecule has 0 bridgehead atoms. The number of para-hydroxylation sites is 2. The molecule has 1 aromatic heterocycles. The number of aromatic nitrogens is 2. The molecule has 0 amide bonds. The van der Waals surface area contributed by atoms with Crippen LogP contribution in [0.15, 0.2) is 53.7 Å².